The minimum absolute atomic E-state index is 0.0561. The van der Waals surface area contributed by atoms with Gasteiger partial charge in [-0.1, -0.05) is 0 Å². The van der Waals surface area contributed by atoms with Crippen molar-refractivity contribution in [2.24, 2.45) is 0 Å². The first-order chi connectivity index (χ1) is 11.0. The molecule has 1 amide bonds. The zero-order valence-corrected chi connectivity index (χ0v) is 16.1. The van der Waals surface area contributed by atoms with E-state index in [0.717, 1.165) is 0 Å². The molecule has 0 aliphatic carbocycles. The lowest BCUT2D eigenvalue weighted by Crippen LogP contribution is -2.56. The molecule has 24 heavy (non-hydrogen) atoms. The second-order valence-corrected chi connectivity index (χ2v) is 9.73. The maximum atomic E-state index is 13.2. The summed E-state index contributed by atoms with van der Waals surface area (Å²) in [6.45, 7) is 5.61. The van der Waals surface area contributed by atoms with Crippen molar-refractivity contribution in [1.82, 2.24) is 15.6 Å². The zero-order valence-electron chi connectivity index (χ0n) is 13.7. The summed E-state index contributed by atoms with van der Waals surface area (Å²) in [7, 11) is -4.00. The van der Waals surface area contributed by atoms with E-state index in [4.69, 9.17) is 10.5 Å². The van der Waals surface area contributed by atoms with Gasteiger partial charge in [-0.05, 0) is 55.7 Å². The van der Waals surface area contributed by atoms with Crippen molar-refractivity contribution in [1.29, 1.82) is 0 Å². The number of nitrogens with two attached hydrogens (primary N) is 1. The zero-order chi connectivity index (χ0) is 18.2. The molecule has 2 heterocycles. The molecule has 0 unspecified atom stereocenters. The molecule has 1 aromatic rings. The highest BCUT2D eigenvalue weighted by atomic mass is 79.9. The van der Waals surface area contributed by atoms with Gasteiger partial charge in [0.15, 0.2) is 4.87 Å². The molecule has 0 aromatic carbocycles. The van der Waals surface area contributed by atoms with Crippen LogP contribution in [0, 0.1) is 0 Å². The van der Waals surface area contributed by atoms with Crippen molar-refractivity contribution >= 4 is 37.7 Å². The summed E-state index contributed by atoms with van der Waals surface area (Å²) in [5, 5.41) is 5.49. The third kappa shape index (κ3) is 3.81. The molecule has 0 saturated carbocycles. The Morgan fingerprint density at radius 2 is 2.17 bits per heavy atom. The molecule has 1 saturated heterocycles. The second-order valence-electron chi connectivity index (χ2n) is 6.59. The van der Waals surface area contributed by atoms with Gasteiger partial charge in [0.25, 0.3) is 0 Å². The Hall–Kier alpha value is -1.39. The van der Waals surface area contributed by atoms with Crippen molar-refractivity contribution in [3.8, 4) is 0 Å². The second kappa shape index (κ2) is 6.49. The van der Waals surface area contributed by atoms with Crippen LogP contribution in [0.5, 0.6) is 0 Å². The molecule has 1 aliphatic heterocycles. The summed E-state index contributed by atoms with van der Waals surface area (Å²) < 4.78 is 32.1. The number of rotatable bonds is 3. The first kappa shape index (κ1) is 18.9. The molecule has 1 aromatic heterocycles. The minimum Gasteiger partial charge on any atom is -0.444 e. The van der Waals surface area contributed by atoms with Crippen LogP contribution in [-0.4, -0.2) is 43.1 Å². The lowest BCUT2D eigenvalue weighted by atomic mass is 10.2. The standard InChI is InChI=1S/C14H21BrN4O4S/c1-13(2,3)23-12(20)19-14(4-5-17-8-14)24(21,22)10-6-9(15)7-18-11(10)16/h6-7,17H,4-5,8H2,1-3H3,(H2,16,18)(H,19,20)/t14-/m1/s1. The lowest BCUT2D eigenvalue weighted by Gasteiger charge is -2.31. The number of carbonyl (C=O) groups is 1. The number of nitrogens with zero attached hydrogens (tertiary/aromatic N) is 1. The predicted octanol–water partition coefficient (Wildman–Crippen LogP) is 1.41. The number of alkyl carbamates (subject to hydrolysis) is 1. The van der Waals surface area contributed by atoms with Crippen molar-refractivity contribution in [2.45, 2.75) is 42.6 Å². The van der Waals surface area contributed by atoms with Gasteiger partial charge in [-0.25, -0.2) is 18.2 Å². The van der Waals surface area contributed by atoms with Crippen molar-refractivity contribution in [3.05, 3.63) is 16.7 Å². The molecule has 10 heteroatoms. The highest BCUT2D eigenvalue weighted by molar-refractivity contribution is 9.10. The summed E-state index contributed by atoms with van der Waals surface area (Å²) in [4.78, 5) is 14.4. The first-order valence-corrected chi connectivity index (χ1v) is 9.62. The van der Waals surface area contributed by atoms with Crippen LogP contribution in [0.4, 0.5) is 10.6 Å². The van der Waals surface area contributed by atoms with Gasteiger partial charge >= 0.3 is 6.09 Å². The predicted molar refractivity (Wildman–Crippen MR) is 93.1 cm³/mol. The fourth-order valence-corrected chi connectivity index (χ4v) is 4.81. The van der Waals surface area contributed by atoms with Gasteiger partial charge in [0, 0.05) is 17.2 Å². The smallest absolute Gasteiger partial charge is 0.408 e. The molecule has 134 valence electrons. The molecule has 1 fully saturated rings. The van der Waals surface area contributed by atoms with E-state index in [1.54, 1.807) is 20.8 Å². The van der Waals surface area contributed by atoms with Crippen molar-refractivity contribution in [3.63, 3.8) is 0 Å². The highest BCUT2D eigenvalue weighted by Crippen LogP contribution is 2.33. The van der Waals surface area contributed by atoms with Crippen molar-refractivity contribution < 1.29 is 17.9 Å². The molecule has 8 nitrogen and oxygen atoms in total. The fourth-order valence-electron chi connectivity index (χ4n) is 2.42. The van der Waals surface area contributed by atoms with Gasteiger partial charge in [0.2, 0.25) is 9.84 Å². The van der Waals surface area contributed by atoms with E-state index in [-0.39, 0.29) is 23.7 Å². The molecule has 0 bridgehead atoms. The Morgan fingerprint density at radius 3 is 2.71 bits per heavy atom. The molecule has 0 spiro atoms. The van der Waals surface area contributed by atoms with Gasteiger partial charge in [-0.15, -0.1) is 0 Å². The number of aromatic nitrogens is 1. The maximum absolute atomic E-state index is 13.2. The number of carbonyl (C=O) groups excluding carboxylic acids is 1. The van der Waals surface area contributed by atoms with Crippen LogP contribution in [0.15, 0.2) is 21.6 Å². The Kier molecular flexibility index (Phi) is 5.12. The first-order valence-electron chi connectivity index (χ1n) is 7.34. The molecule has 1 aliphatic rings. The SMILES string of the molecule is CC(C)(C)OC(=O)N[C@@]1(S(=O)(=O)c2cc(Br)cnc2N)CCNC1. The number of halogens is 1. The average Bonchev–Trinajstić information content (AvgIpc) is 2.89. The number of pyridine rings is 1. The van der Waals surface area contributed by atoms with E-state index < -0.39 is 26.4 Å². The number of hydrogen-bond donors (Lipinski definition) is 3. The minimum atomic E-state index is -4.00. The quantitative estimate of drug-likeness (QED) is 0.674. The number of nitrogen functional groups attached to an aromatic ring is 1. The van der Waals surface area contributed by atoms with E-state index in [9.17, 15) is 13.2 Å². The third-order valence-electron chi connectivity index (χ3n) is 3.50. The van der Waals surface area contributed by atoms with Crippen LogP contribution in [0.3, 0.4) is 0 Å². The summed E-state index contributed by atoms with van der Waals surface area (Å²) in [5.41, 5.74) is 5.02. The van der Waals surface area contributed by atoms with Gasteiger partial charge in [-0.2, -0.15) is 0 Å². The molecule has 4 N–H and O–H groups in total. The van der Waals surface area contributed by atoms with Crippen molar-refractivity contribution in [2.75, 3.05) is 18.8 Å². The van der Waals surface area contributed by atoms with Crippen LogP contribution < -0.4 is 16.4 Å². The molecular formula is C14H21BrN4O4S. The van der Waals surface area contributed by atoms with E-state index >= 15 is 0 Å². The normalized spacial score (nSPS) is 21.5. The maximum Gasteiger partial charge on any atom is 0.408 e. The van der Waals surface area contributed by atoms with Crippen LogP contribution in [0.25, 0.3) is 0 Å². The number of ether oxygens (including phenoxy) is 1. The largest absolute Gasteiger partial charge is 0.444 e. The van der Waals surface area contributed by atoms with Gasteiger partial charge in [0.1, 0.15) is 16.3 Å². The van der Waals surface area contributed by atoms with Gasteiger partial charge in [-0.3, -0.25) is 0 Å². The number of amides is 1. The molecular weight excluding hydrogens is 400 g/mol. The van der Waals surface area contributed by atoms with Crippen LogP contribution in [0.2, 0.25) is 0 Å². The third-order valence-corrected chi connectivity index (χ3v) is 6.32. The molecule has 1 atom stereocenters. The van der Waals surface area contributed by atoms with E-state index in [0.29, 0.717) is 11.0 Å². The fraction of sp³-hybridized carbons (Fsp3) is 0.571. The lowest BCUT2D eigenvalue weighted by molar-refractivity contribution is 0.0495. The van der Waals surface area contributed by atoms with E-state index in [1.807, 2.05) is 0 Å². The van der Waals surface area contributed by atoms with E-state index in [1.165, 1.54) is 12.3 Å². The topological polar surface area (TPSA) is 123 Å². The number of sulfone groups is 1. The average molecular weight is 421 g/mol. The Morgan fingerprint density at radius 1 is 1.50 bits per heavy atom. The van der Waals surface area contributed by atoms with Crippen LogP contribution in [0.1, 0.15) is 27.2 Å². The summed E-state index contributed by atoms with van der Waals surface area (Å²) in [6, 6.07) is 1.38. The van der Waals surface area contributed by atoms with Gasteiger partial charge < -0.3 is 21.1 Å². The van der Waals surface area contributed by atoms with Gasteiger partial charge in [0.05, 0.1) is 0 Å². The Labute approximate surface area is 149 Å². The molecule has 0 radical (unpaired) electrons. The Bertz CT molecular complexity index is 740. The number of nitrogens with one attached hydrogen (secondary N) is 2. The monoisotopic (exact) mass is 420 g/mol. The highest BCUT2D eigenvalue weighted by Gasteiger charge is 2.50. The summed E-state index contributed by atoms with van der Waals surface area (Å²) >= 11 is 3.20. The molecule has 2 rings (SSSR count). The van der Waals surface area contributed by atoms with Crippen LogP contribution >= 0.6 is 15.9 Å². The number of hydrogen-bond acceptors (Lipinski definition) is 7. The number of anilines is 1. The summed E-state index contributed by atoms with van der Waals surface area (Å²) in [5.74, 6) is -0.115. The van der Waals surface area contributed by atoms with Crippen LogP contribution in [-0.2, 0) is 14.6 Å². The van der Waals surface area contributed by atoms with E-state index in [2.05, 4.69) is 31.5 Å². The Balaban J connectivity index is 2.42. The summed E-state index contributed by atoms with van der Waals surface area (Å²) in [6.07, 6.45) is 0.812.